The first-order chi connectivity index (χ1) is 19.7. The van der Waals surface area contributed by atoms with Gasteiger partial charge in [-0.1, -0.05) is 12.1 Å². The Hall–Kier alpha value is -3.16. The second-order valence-corrected chi connectivity index (χ2v) is 12.5. The van der Waals surface area contributed by atoms with Crippen LogP contribution in [0.25, 0.3) is 0 Å². The predicted octanol–water partition coefficient (Wildman–Crippen LogP) is 5.31. The number of fused-ring (bicyclic) bond motifs is 1. The summed E-state index contributed by atoms with van der Waals surface area (Å²) in [5.41, 5.74) is -0.0604. The molecule has 41 heavy (non-hydrogen) atoms. The van der Waals surface area contributed by atoms with Gasteiger partial charge in [0.2, 0.25) is 0 Å². The van der Waals surface area contributed by atoms with Crippen LogP contribution >= 0.6 is 0 Å². The summed E-state index contributed by atoms with van der Waals surface area (Å²) in [5.74, 6) is 0.0469. The van der Waals surface area contributed by atoms with Gasteiger partial charge in [0, 0.05) is 56.9 Å². The largest absolute Gasteiger partial charge is 0.419 e. The Bertz CT molecular complexity index is 1400. The van der Waals surface area contributed by atoms with Crippen LogP contribution < -0.4 is 5.32 Å². The molecule has 2 aromatic rings. The maximum absolute atomic E-state index is 13.9. The molecule has 2 bridgehead atoms. The zero-order chi connectivity index (χ0) is 28.6. The Kier molecular flexibility index (Phi) is 6.15. The van der Waals surface area contributed by atoms with E-state index in [1.807, 2.05) is 17.0 Å². The lowest BCUT2D eigenvalue weighted by atomic mass is 9.85. The molecule has 216 valence electrons. The molecule has 6 fully saturated rings. The van der Waals surface area contributed by atoms with Gasteiger partial charge in [-0.2, -0.15) is 18.4 Å². The van der Waals surface area contributed by atoms with Crippen molar-refractivity contribution in [2.75, 3.05) is 51.1 Å². The van der Waals surface area contributed by atoms with Gasteiger partial charge in [0.25, 0.3) is 0 Å². The third-order valence-electron chi connectivity index (χ3n) is 10.4. The van der Waals surface area contributed by atoms with Crippen LogP contribution in [0.3, 0.4) is 0 Å². The molecule has 6 nitrogen and oxygen atoms in total. The molecule has 10 heteroatoms. The van der Waals surface area contributed by atoms with Crippen molar-refractivity contribution in [2.24, 2.45) is 17.8 Å². The van der Waals surface area contributed by atoms with E-state index in [-0.39, 0.29) is 28.5 Å². The number of alkyl halides is 3. The summed E-state index contributed by atoms with van der Waals surface area (Å²) in [6, 6.07) is 12.1. The number of benzene rings is 2. The topological polar surface area (TPSA) is 62.6 Å². The minimum atomic E-state index is -4.86. The number of rotatable bonds is 8. The van der Waals surface area contributed by atoms with E-state index < -0.39 is 23.6 Å². The van der Waals surface area contributed by atoms with E-state index >= 15 is 0 Å². The van der Waals surface area contributed by atoms with Crippen LogP contribution in [0.5, 0.6) is 0 Å². The van der Waals surface area contributed by atoms with Crippen molar-refractivity contribution < 1.29 is 22.4 Å². The molecule has 2 amide bonds. The van der Waals surface area contributed by atoms with Crippen LogP contribution in [0.2, 0.25) is 0 Å². The molecule has 1 heterocycles. The molecular weight excluding hydrogens is 534 g/mol. The fourth-order valence-corrected chi connectivity index (χ4v) is 8.16. The summed E-state index contributed by atoms with van der Waals surface area (Å²) in [6.07, 6.45) is -0.467. The molecule has 2 aromatic carbocycles. The lowest BCUT2D eigenvalue weighted by Gasteiger charge is -2.39. The number of halogens is 4. The van der Waals surface area contributed by atoms with E-state index in [0.29, 0.717) is 24.7 Å². The van der Waals surface area contributed by atoms with Crippen LogP contribution in [0.15, 0.2) is 42.5 Å². The van der Waals surface area contributed by atoms with Gasteiger partial charge in [-0.15, -0.1) is 0 Å². The molecule has 0 spiro atoms. The van der Waals surface area contributed by atoms with Crippen molar-refractivity contribution in [2.45, 2.75) is 42.8 Å². The Morgan fingerprint density at radius 1 is 1.05 bits per heavy atom. The average molecular weight is 568 g/mol. The van der Waals surface area contributed by atoms with Crippen LogP contribution in [-0.2, 0) is 11.6 Å². The number of nitriles is 1. The third-order valence-corrected chi connectivity index (χ3v) is 10.4. The summed E-state index contributed by atoms with van der Waals surface area (Å²) in [7, 11) is 0. The van der Waals surface area contributed by atoms with Gasteiger partial charge in [0.05, 0.1) is 22.7 Å². The summed E-state index contributed by atoms with van der Waals surface area (Å²) in [5, 5.41) is 12.1. The second kappa shape index (κ2) is 9.43. The highest BCUT2D eigenvalue weighted by molar-refractivity contribution is 5.91. The van der Waals surface area contributed by atoms with Crippen LogP contribution in [0.1, 0.15) is 42.4 Å². The quantitative estimate of drug-likeness (QED) is 0.440. The fraction of sp³-hybridized carbons (Fsp3) is 0.548. The van der Waals surface area contributed by atoms with Gasteiger partial charge in [-0.05, 0) is 79.3 Å². The monoisotopic (exact) mass is 567 g/mol. The van der Waals surface area contributed by atoms with Gasteiger partial charge in [0.1, 0.15) is 5.82 Å². The normalized spacial score (nSPS) is 30.4. The molecule has 8 rings (SSSR count). The van der Waals surface area contributed by atoms with E-state index in [1.54, 1.807) is 6.07 Å². The summed E-state index contributed by atoms with van der Waals surface area (Å²) in [4.78, 5) is 20.5. The number of urea groups is 1. The molecule has 0 aromatic heterocycles. The van der Waals surface area contributed by atoms with Gasteiger partial charge in [-0.25, -0.2) is 9.18 Å². The summed E-state index contributed by atoms with van der Waals surface area (Å²) >= 11 is 0. The SMILES string of the molecule is N#Cc1cccc(C23CCC4(N(CCN5CCN(CC6CC6)CC5)C(=O)Nc5ccc(F)c(C(F)(F)F)c5)C2[C@@H]34)c1. The maximum atomic E-state index is 13.9. The number of hydrogen-bond donors (Lipinski definition) is 1. The number of carbonyl (C=O) groups excluding carboxylic acids is 1. The zero-order valence-corrected chi connectivity index (χ0v) is 22.8. The number of amides is 2. The third kappa shape index (κ3) is 4.40. The Morgan fingerprint density at radius 2 is 1.78 bits per heavy atom. The van der Waals surface area contributed by atoms with E-state index in [1.165, 1.54) is 25.5 Å². The zero-order valence-electron chi connectivity index (χ0n) is 22.8. The highest BCUT2D eigenvalue weighted by atomic mass is 19.4. The minimum absolute atomic E-state index is 0.0286. The number of hydrogen-bond acceptors (Lipinski definition) is 4. The molecule has 5 aliphatic carbocycles. The Morgan fingerprint density at radius 3 is 2.46 bits per heavy atom. The van der Waals surface area contributed by atoms with Gasteiger partial charge >= 0.3 is 12.2 Å². The number of nitrogens with one attached hydrogen (secondary N) is 1. The van der Waals surface area contributed by atoms with Crippen molar-refractivity contribution >= 4 is 11.7 Å². The van der Waals surface area contributed by atoms with Crippen molar-refractivity contribution in [3.63, 3.8) is 0 Å². The number of nitrogens with zero attached hydrogens (tertiary/aromatic N) is 4. The lowest BCUT2D eigenvalue weighted by molar-refractivity contribution is -0.139. The summed E-state index contributed by atoms with van der Waals surface area (Å²) in [6.45, 7) is 6.21. The van der Waals surface area contributed by atoms with Crippen LogP contribution in [0, 0.1) is 34.9 Å². The first kappa shape index (κ1) is 26.7. The van der Waals surface area contributed by atoms with Crippen molar-refractivity contribution in [1.29, 1.82) is 5.26 Å². The van der Waals surface area contributed by atoms with Crippen LogP contribution in [-0.4, -0.2) is 72.1 Å². The fourth-order valence-electron chi connectivity index (χ4n) is 8.16. The molecule has 1 saturated heterocycles. The lowest BCUT2D eigenvalue weighted by Crippen LogP contribution is -2.54. The van der Waals surface area contributed by atoms with Gasteiger partial charge < -0.3 is 15.1 Å². The molecule has 5 saturated carbocycles. The maximum Gasteiger partial charge on any atom is 0.419 e. The average Bonchev–Trinajstić information content (AvgIpc) is 3.91. The van der Waals surface area contributed by atoms with E-state index in [2.05, 4.69) is 27.3 Å². The van der Waals surface area contributed by atoms with Crippen molar-refractivity contribution in [3.8, 4) is 6.07 Å². The highest BCUT2D eigenvalue weighted by Gasteiger charge is 2.97. The van der Waals surface area contributed by atoms with Gasteiger partial charge in [0.15, 0.2) is 0 Å². The highest BCUT2D eigenvalue weighted by Crippen LogP contribution is 2.93. The van der Waals surface area contributed by atoms with Crippen LogP contribution in [0.4, 0.5) is 28.0 Å². The molecule has 1 aliphatic heterocycles. The first-order valence-electron chi connectivity index (χ1n) is 14.6. The molecule has 4 atom stereocenters. The molecule has 1 N–H and O–H groups in total. The standard InChI is InChI=1S/C31H33F4N5O/c32-25-7-6-23(17-24(25)31(33,34)35)37-28(41)40(15-14-38-10-12-39(13-11-38)19-20-4-5-20)30-9-8-29(26(30)27(29)30)22-3-1-2-21(16-22)18-36/h1-3,6-7,16-17,20,26-27H,4-5,8-15,19H2,(H,37,41)/t26-,27?,29?,30?/m0/s1. The van der Waals surface area contributed by atoms with Gasteiger partial charge in [-0.3, -0.25) is 4.90 Å². The molecule has 6 aliphatic rings. The molecule has 0 radical (unpaired) electrons. The minimum Gasteiger partial charge on any atom is -0.317 e. The number of anilines is 1. The Balaban J connectivity index is 1.08. The Labute approximate surface area is 236 Å². The molecular formula is C31H33F4N5O. The smallest absolute Gasteiger partial charge is 0.317 e. The van der Waals surface area contributed by atoms with Crippen molar-refractivity contribution in [1.82, 2.24) is 14.7 Å². The predicted molar refractivity (Wildman–Crippen MR) is 145 cm³/mol. The summed E-state index contributed by atoms with van der Waals surface area (Å²) < 4.78 is 53.9. The second-order valence-electron chi connectivity index (χ2n) is 12.5. The van der Waals surface area contributed by atoms with Crippen molar-refractivity contribution in [3.05, 3.63) is 65.0 Å². The molecule has 3 unspecified atom stereocenters. The van der Waals surface area contributed by atoms with E-state index in [9.17, 15) is 27.6 Å². The van der Waals surface area contributed by atoms with E-state index in [0.717, 1.165) is 56.6 Å². The number of piperazine rings is 1. The van der Waals surface area contributed by atoms with E-state index in [4.69, 9.17) is 0 Å². The first-order valence-corrected chi connectivity index (χ1v) is 14.6. The number of carbonyl (C=O) groups is 1.